The maximum absolute atomic E-state index is 11.7. The van der Waals surface area contributed by atoms with Crippen LogP contribution < -0.4 is 11.1 Å². The molecule has 0 unspecified atom stereocenters. The predicted octanol–water partition coefficient (Wildman–Crippen LogP) is 0.610. The summed E-state index contributed by atoms with van der Waals surface area (Å²) in [6.07, 6.45) is 1.40. The van der Waals surface area contributed by atoms with Crippen molar-refractivity contribution in [2.45, 2.75) is 6.42 Å². The lowest BCUT2D eigenvalue weighted by Gasteiger charge is -2.06. The Bertz CT molecular complexity index is 437. The number of nitrogens with two attached hydrogens (primary N) is 1. The van der Waals surface area contributed by atoms with Gasteiger partial charge in [0, 0.05) is 6.54 Å². The van der Waals surface area contributed by atoms with Crippen LogP contribution in [0.2, 0.25) is 5.15 Å². The van der Waals surface area contributed by atoms with E-state index in [0.29, 0.717) is 0 Å². The van der Waals surface area contributed by atoms with Gasteiger partial charge in [-0.15, -0.1) is 0 Å². The number of methoxy groups -OCH3 is 1. The van der Waals surface area contributed by atoms with Crippen LogP contribution in [-0.4, -0.2) is 30.5 Å². The molecule has 1 heterocycles. The normalized spacial score (nSPS) is 9.76. The van der Waals surface area contributed by atoms with Gasteiger partial charge in [0.15, 0.2) is 0 Å². The summed E-state index contributed by atoms with van der Waals surface area (Å²) in [4.78, 5) is 26.2. The van der Waals surface area contributed by atoms with E-state index in [-0.39, 0.29) is 29.4 Å². The molecule has 0 saturated heterocycles. The summed E-state index contributed by atoms with van der Waals surface area (Å²) < 4.78 is 4.43. The van der Waals surface area contributed by atoms with Gasteiger partial charge in [0.25, 0.3) is 5.91 Å². The number of nitrogen functional groups attached to an aromatic ring is 1. The van der Waals surface area contributed by atoms with Crippen LogP contribution in [0.1, 0.15) is 16.8 Å². The first-order valence-corrected chi connectivity index (χ1v) is 5.18. The number of rotatable bonds is 4. The van der Waals surface area contributed by atoms with Gasteiger partial charge in [-0.25, -0.2) is 4.98 Å². The Kier molecular flexibility index (Phi) is 4.71. The minimum atomic E-state index is -0.407. The van der Waals surface area contributed by atoms with E-state index in [2.05, 4.69) is 15.0 Å². The molecule has 3 N–H and O–H groups in total. The number of ether oxygens (including phenoxy) is 1. The summed E-state index contributed by atoms with van der Waals surface area (Å²) in [5.41, 5.74) is 6.03. The summed E-state index contributed by atoms with van der Waals surface area (Å²) in [6.45, 7) is 0.172. The predicted molar refractivity (Wildman–Crippen MR) is 62.6 cm³/mol. The highest BCUT2D eigenvalue weighted by molar-refractivity contribution is 6.29. The molecule has 1 aromatic heterocycles. The zero-order valence-corrected chi connectivity index (χ0v) is 9.95. The molecular weight excluding hydrogens is 246 g/mol. The van der Waals surface area contributed by atoms with Crippen LogP contribution in [0, 0.1) is 0 Å². The summed E-state index contributed by atoms with van der Waals surface area (Å²) in [5, 5.41) is 2.70. The Hall–Kier alpha value is -1.82. The Labute approximate surface area is 103 Å². The molecule has 0 bridgehead atoms. The van der Waals surface area contributed by atoms with E-state index >= 15 is 0 Å². The van der Waals surface area contributed by atoms with Crippen molar-refractivity contribution in [1.82, 2.24) is 10.3 Å². The van der Waals surface area contributed by atoms with Gasteiger partial charge in [0.2, 0.25) is 0 Å². The van der Waals surface area contributed by atoms with Gasteiger partial charge in [-0.3, -0.25) is 9.59 Å². The first kappa shape index (κ1) is 13.2. The largest absolute Gasteiger partial charge is 0.469 e. The molecule has 0 aliphatic rings. The fourth-order valence-electron chi connectivity index (χ4n) is 1.11. The summed E-state index contributed by atoms with van der Waals surface area (Å²) >= 11 is 5.65. The number of carbonyl (C=O) groups is 2. The molecule has 0 aliphatic carbocycles. The van der Waals surface area contributed by atoms with Gasteiger partial charge in [-0.05, 0) is 6.07 Å². The van der Waals surface area contributed by atoms with E-state index in [9.17, 15) is 9.59 Å². The van der Waals surface area contributed by atoms with Gasteiger partial charge in [0.1, 0.15) is 5.15 Å². The van der Waals surface area contributed by atoms with Crippen LogP contribution in [0.15, 0.2) is 12.3 Å². The van der Waals surface area contributed by atoms with E-state index in [0.717, 1.165) is 0 Å². The molecule has 0 spiro atoms. The van der Waals surface area contributed by atoms with E-state index in [4.69, 9.17) is 17.3 Å². The molecule has 1 aromatic rings. The highest BCUT2D eigenvalue weighted by Crippen LogP contribution is 2.14. The lowest BCUT2D eigenvalue weighted by molar-refractivity contribution is -0.140. The molecule has 0 radical (unpaired) electrons. The lowest BCUT2D eigenvalue weighted by Crippen LogP contribution is -2.27. The average Bonchev–Trinajstić information content (AvgIpc) is 2.31. The van der Waals surface area contributed by atoms with Crippen molar-refractivity contribution < 1.29 is 14.3 Å². The van der Waals surface area contributed by atoms with Crippen LogP contribution in [-0.2, 0) is 9.53 Å². The van der Waals surface area contributed by atoms with Crippen LogP contribution >= 0.6 is 11.6 Å². The van der Waals surface area contributed by atoms with Crippen LogP contribution in [0.5, 0.6) is 0 Å². The Morgan fingerprint density at radius 2 is 2.29 bits per heavy atom. The van der Waals surface area contributed by atoms with Crippen LogP contribution in [0.4, 0.5) is 5.69 Å². The number of nitrogens with zero attached hydrogens (tertiary/aromatic N) is 1. The number of esters is 1. The SMILES string of the molecule is COC(=O)CCNC(=O)c1cc(Cl)ncc1N. The van der Waals surface area contributed by atoms with Crippen molar-refractivity contribution in [2.75, 3.05) is 19.4 Å². The Morgan fingerprint density at radius 1 is 1.59 bits per heavy atom. The minimum absolute atomic E-state index is 0.0982. The first-order chi connectivity index (χ1) is 8.04. The van der Waals surface area contributed by atoms with Gasteiger partial charge in [0.05, 0.1) is 31.0 Å². The third-order valence-corrected chi connectivity index (χ3v) is 2.20. The van der Waals surface area contributed by atoms with Crippen molar-refractivity contribution >= 4 is 29.2 Å². The van der Waals surface area contributed by atoms with Crippen LogP contribution in [0.3, 0.4) is 0 Å². The number of hydrogen-bond donors (Lipinski definition) is 2. The molecule has 0 aliphatic heterocycles. The molecular formula is C10H12ClN3O3. The molecule has 6 nitrogen and oxygen atoms in total. The number of carbonyl (C=O) groups excluding carboxylic acids is 2. The molecule has 7 heteroatoms. The number of amides is 1. The minimum Gasteiger partial charge on any atom is -0.469 e. The number of halogens is 1. The van der Waals surface area contributed by atoms with Gasteiger partial charge in [-0.1, -0.05) is 11.6 Å². The second kappa shape index (κ2) is 6.05. The maximum Gasteiger partial charge on any atom is 0.307 e. The monoisotopic (exact) mass is 257 g/mol. The second-order valence-electron chi connectivity index (χ2n) is 3.18. The van der Waals surface area contributed by atoms with Gasteiger partial charge < -0.3 is 15.8 Å². The standard InChI is InChI=1S/C10H12ClN3O3/c1-17-9(15)2-3-13-10(16)6-4-8(11)14-5-7(6)12/h4-5H,2-3,12H2,1H3,(H,13,16). The molecule has 1 rings (SSSR count). The maximum atomic E-state index is 11.7. The number of hydrogen-bond acceptors (Lipinski definition) is 5. The van der Waals surface area contributed by atoms with E-state index in [1.807, 2.05) is 0 Å². The quantitative estimate of drug-likeness (QED) is 0.609. The molecule has 0 saturated carbocycles. The second-order valence-corrected chi connectivity index (χ2v) is 3.56. The Morgan fingerprint density at radius 3 is 2.94 bits per heavy atom. The number of nitrogens with one attached hydrogen (secondary N) is 1. The first-order valence-electron chi connectivity index (χ1n) is 4.80. The van der Waals surface area contributed by atoms with Gasteiger partial charge in [-0.2, -0.15) is 0 Å². The molecule has 1 amide bonds. The molecule has 0 atom stereocenters. The van der Waals surface area contributed by atoms with Crippen LogP contribution in [0.25, 0.3) is 0 Å². The Balaban J connectivity index is 2.58. The van der Waals surface area contributed by atoms with Crippen molar-refractivity contribution in [3.05, 3.63) is 23.0 Å². The third kappa shape index (κ3) is 3.92. The highest BCUT2D eigenvalue weighted by Gasteiger charge is 2.11. The number of pyridine rings is 1. The zero-order valence-electron chi connectivity index (χ0n) is 9.20. The molecule has 0 fully saturated rings. The van der Waals surface area contributed by atoms with Crippen molar-refractivity contribution in [3.8, 4) is 0 Å². The van der Waals surface area contributed by atoms with Crippen molar-refractivity contribution in [1.29, 1.82) is 0 Å². The van der Waals surface area contributed by atoms with Crippen molar-refractivity contribution in [3.63, 3.8) is 0 Å². The smallest absolute Gasteiger partial charge is 0.307 e. The third-order valence-electron chi connectivity index (χ3n) is 1.99. The van der Waals surface area contributed by atoms with E-state index < -0.39 is 11.9 Å². The highest BCUT2D eigenvalue weighted by atomic mass is 35.5. The van der Waals surface area contributed by atoms with Crippen molar-refractivity contribution in [2.24, 2.45) is 0 Å². The lowest BCUT2D eigenvalue weighted by atomic mass is 10.2. The van der Waals surface area contributed by atoms with E-state index in [1.54, 1.807) is 0 Å². The molecule has 92 valence electrons. The summed E-state index contributed by atoms with van der Waals surface area (Å²) in [6, 6.07) is 1.37. The summed E-state index contributed by atoms with van der Waals surface area (Å²) in [7, 11) is 1.28. The topological polar surface area (TPSA) is 94.3 Å². The number of aromatic nitrogens is 1. The summed E-state index contributed by atoms with van der Waals surface area (Å²) in [5.74, 6) is -0.804. The zero-order chi connectivity index (χ0) is 12.8. The van der Waals surface area contributed by atoms with E-state index in [1.165, 1.54) is 19.4 Å². The fourth-order valence-corrected chi connectivity index (χ4v) is 1.27. The fraction of sp³-hybridized carbons (Fsp3) is 0.300. The van der Waals surface area contributed by atoms with Gasteiger partial charge >= 0.3 is 5.97 Å². The average molecular weight is 258 g/mol. The molecule has 0 aromatic carbocycles. The number of anilines is 1. The molecule has 17 heavy (non-hydrogen) atoms.